The topological polar surface area (TPSA) is 71.5 Å². The number of rotatable bonds is 5. The third-order valence-corrected chi connectivity index (χ3v) is 3.33. The van der Waals surface area contributed by atoms with Crippen molar-refractivity contribution in [3.8, 4) is 5.88 Å². The molecule has 1 aromatic carbocycles. The zero-order valence-electron chi connectivity index (χ0n) is 12.0. The molecule has 0 bridgehead atoms. The van der Waals surface area contributed by atoms with Crippen molar-refractivity contribution in [1.82, 2.24) is 10.3 Å². The van der Waals surface area contributed by atoms with Crippen LogP contribution in [0.25, 0.3) is 0 Å². The maximum Gasteiger partial charge on any atom is 0.257 e. The molecule has 0 saturated heterocycles. The van der Waals surface area contributed by atoms with Gasteiger partial charge in [0.15, 0.2) is 0 Å². The number of aliphatic hydroxyl groups excluding tert-OH is 1. The van der Waals surface area contributed by atoms with Crippen molar-refractivity contribution >= 4 is 5.91 Å². The normalized spacial score (nSPS) is 13.3. The number of methoxy groups -OCH3 is 1. The van der Waals surface area contributed by atoms with Gasteiger partial charge >= 0.3 is 0 Å². The number of nitrogens with zero attached hydrogens (tertiary/aromatic N) is 1. The van der Waals surface area contributed by atoms with Crippen LogP contribution in [0.5, 0.6) is 5.88 Å². The number of hydrogen-bond donors (Lipinski definition) is 2. The number of benzene rings is 1. The van der Waals surface area contributed by atoms with Gasteiger partial charge in [-0.3, -0.25) is 4.79 Å². The second-order valence-electron chi connectivity index (χ2n) is 4.87. The zero-order valence-corrected chi connectivity index (χ0v) is 12.0. The third kappa shape index (κ3) is 3.20. The molecule has 0 saturated carbocycles. The number of pyridine rings is 1. The molecule has 0 aliphatic heterocycles. The molecule has 110 valence electrons. The zero-order chi connectivity index (χ0) is 15.3. The van der Waals surface area contributed by atoms with Crippen molar-refractivity contribution in [3.63, 3.8) is 0 Å². The van der Waals surface area contributed by atoms with Crippen molar-refractivity contribution in [2.75, 3.05) is 13.7 Å². The van der Waals surface area contributed by atoms with Gasteiger partial charge in [0.1, 0.15) is 5.56 Å². The van der Waals surface area contributed by atoms with E-state index in [1.165, 1.54) is 7.11 Å². The highest BCUT2D eigenvalue weighted by molar-refractivity contribution is 5.96. The Morgan fingerprint density at radius 3 is 2.62 bits per heavy atom. The van der Waals surface area contributed by atoms with Crippen molar-refractivity contribution in [3.05, 3.63) is 59.8 Å². The number of nitrogens with one attached hydrogen (secondary N) is 1. The van der Waals surface area contributed by atoms with Crippen molar-refractivity contribution in [2.24, 2.45) is 0 Å². The maximum atomic E-state index is 12.4. The molecule has 2 aromatic rings. The predicted molar refractivity (Wildman–Crippen MR) is 79.1 cm³/mol. The number of carbonyl (C=O) groups excluding carboxylic acids is 1. The van der Waals surface area contributed by atoms with Gasteiger partial charge in [-0.1, -0.05) is 30.3 Å². The average Bonchev–Trinajstić information content (AvgIpc) is 2.55. The van der Waals surface area contributed by atoms with Crippen LogP contribution in [0, 0.1) is 0 Å². The molecule has 2 rings (SSSR count). The van der Waals surface area contributed by atoms with E-state index in [-0.39, 0.29) is 18.4 Å². The van der Waals surface area contributed by atoms with E-state index >= 15 is 0 Å². The second-order valence-corrected chi connectivity index (χ2v) is 4.87. The standard InChI is InChI=1S/C16H18N2O3/c1-16(11-19,12-7-4-3-5-8-12)18-14(20)13-9-6-10-17-15(13)21-2/h3-10,19H,11H2,1-2H3,(H,18,20). The molecule has 1 unspecified atom stereocenters. The number of aromatic nitrogens is 1. The lowest BCUT2D eigenvalue weighted by atomic mass is 9.92. The number of hydrogen-bond acceptors (Lipinski definition) is 4. The van der Waals surface area contributed by atoms with Crippen LogP contribution < -0.4 is 10.1 Å². The first-order valence-electron chi connectivity index (χ1n) is 6.58. The summed E-state index contributed by atoms with van der Waals surface area (Å²) in [6, 6.07) is 12.6. The minimum absolute atomic E-state index is 0.217. The van der Waals surface area contributed by atoms with Gasteiger partial charge in [0.2, 0.25) is 5.88 Å². The monoisotopic (exact) mass is 286 g/mol. The van der Waals surface area contributed by atoms with E-state index in [1.807, 2.05) is 30.3 Å². The van der Waals surface area contributed by atoms with Crippen LogP contribution in [0.1, 0.15) is 22.8 Å². The molecule has 1 amide bonds. The molecule has 0 spiro atoms. The fraction of sp³-hybridized carbons (Fsp3) is 0.250. The lowest BCUT2D eigenvalue weighted by Crippen LogP contribution is -2.46. The molecule has 0 radical (unpaired) electrons. The Labute approximate surface area is 123 Å². The van der Waals surface area contributed by atoms with Crippen LogP contribution in [0.3, 0.4) is 0 Å². The summed E-state index contributed by atoms with van der Waals surface area (Å²) in [5.41, 5.74) is 0.276. The number of aliphatic hydroxyl groups is 1. The molecule has 0 aliphatic carbocycles. The Kier molecular flexibility index (Phi) is 4.55. The van der Waals surface area contributed by atoms with Crippen LogP contribution in [-0.4, -0.2) is 29.7 Å². The second kappa shape index (κ2) is 6.37. The fourth-order valence-electron chi connectivity index (χ4n) is 2.05. The van der Waals surface area contributed by atoms with Gasteiger partial charge < -0.3 is 15.2 Å². The first-order valence-corrected chi connectivity index (χ1v) is 6.58. The Balaban J connectivity index is 2.28. The largest absolute Gasteiger partial charge is 0.480 e. The van der Waals surface area contributed by atoms with E-state index in [0.717, 1.165) is 5.56 Å². The minimum atomic E-state index is -0.876. The molecule has 1 aromatic heterocycles. The van der Waals surface area contributed by atoms with Crippen molar-refractivity contribution in [1.29, 1.82) is 0 Å². The molecule has 1 atom stereocenters. The van der Waals surface area contributed by atoms with Crippen LogP contribution in [0.15, 0.2) is 48.7 Å². The molecular weight excluding hydrogens is 268 g/mol. The third-order valence-electron chi connectivity index (χ3n) is 3.33. The summed E-state index contributed by atoms with van der Waals surface area (Å²) in [5, 5.41) is 12.5. The number of amides is 1. The Bertz CT molecular complexity index is 616. The van der Waals surface area contributed by atoms with Gasteiger partial charge in [-0.15, -0.1) is 0 Å². The fourth-order valence-corrected chi connectivity index (χ4v) is 2.05. The maximum absolute atomic E-state index is 12.4. The number of carbonyl (C=O) groups is 1. The molecule has 0 aliphatic rings. The molecule has 2 N–H and O–H groups in total. The lowest BCUT2D eigenvalue weighted by molar-refractivity contribution is 0.0846. The van der Waals surface area contributed by atoms with E-state index in [2.05, 4.69) is 10.3 Å². The Hall–Kier alpha value is -2.40. The van der Waals surface area contributed by atoms with E-state index in [0.29, 0.717) is 5.56 Å². The molecule has 5 nitrogen and oxygen atoms in total. The molecule has 1 heterocycles. The van der Waals surface area contributed by atoms with Gasteiger partial charge in [0.05, 0.1) is 19.3 Å². The predicted octanol–water partition coefficient (Wildman–Crippen LogP) is 1.73. The first-order chi connectivity index (χ1) is 10.1. The van der Waals surface area contributed by atoms with Gasteiger partial charge in [0.25, 0.3) is 5.91 Å². The van der Waals surface area contributed by atoms with Gasteiger partial charge in [-0.25, -0.2) is 4.98 Å². The van der Waals surface area contributed by atoms with Crippen molar-refractivity contribution < 1.29 is 14.6 Å². The van der Waals surface area contributed by atoms with Gasteiger partial charge in [-0.05, 0) is 24.6 Å². The van der Waals surface area contributed by atoms with Gasteiger partial charge in [0, 0.05) is 6.20 Å². The average molecular weight is 286 g/mol. The smallest absolute Gasteiger partial charge is 0.257 e. The molecular formula is C16H18N2O3. The van der Waals surface area contributed by atoms with E-state index < -0.39 is 5.54 Å². The quantitative estimate of drug-likeness (QED) is 0.878. The lowest BCUT2D eigenvalue weighted by Gasteiger charge is -2.29. The van der Waals surface area contributed by atoms with Crippen LogP contribution >= 0.6 is 0 Å². The Morgan fingerprint density at radius 2 is 2.00 bits per heavy atom. The highest BCUT2D eigenvalue weighted by Crippen LogP contribution is 2.22. The van der Waals surface area contributed by atoms with E-state index in [9.17, 15) is 9.90 Å². The van der Waals surface area contributed by atoms with Crippen LogP contribution in [0.2, 0.25) is 0 Å². The number of ether oxygens (including phenoxy) is 1. The molecule has 0 fully saturated rings. The molecule has 5 heteroatoms. The summed E-state index contributed by atoms with van der Waals surface area (Å²) in [6.45, 7) is 1.55. The summed E-state index contributed by atoms with van der Waals surface area (Å²) in [7, 11) is 1.46. The minimum Gasteiger partial charge on any atom is -0.480 e. The summed E-state index contributed by atoms with van der Waals surface area (Å²) in [4.78, 5) is 16.4. The Morgan fingerprint density at radius 1 is 1.29 bits per heavy atom. The highest BCUT2D eigenvalue weighted by atomic mass is 16.5. The van der Waals surface area contributed by atoms with E-state index in [1.54, 1.807) is 25.3 Å². The summed E-state index contributed by atoms with van der Waals surface area (Å²) in [5.74, 6) is -0.0938. The van der Waals surface area contributed by atoms with E-state index in [4.69, 9.17) is 4.74 Å². The first kappa shape index (κ1) is 15.0. The van der Waals surface area contributed by atoms with Crippen LogP contribution in [-0.2, 0) is 5.54 Å². The summed E-state index contributed by atoms with van der Waals surface area (Å²) >= 11 is 0. The van der Waals surface area contributed by atoms with Crippen LogP contribution in [0.4, 0.5) is 0 Å². The summed E-state index contributed by atoms with van der Waals surface area (Å²) < 4.78 is 5.09. The summed E-state index contributed by atoms with van der Waals surface area (Å²) in [6.07, 6.45) is 1.55. The van der Waals surface area contributed by atoms with Gasteiger partial charge in [-0.2, -0.15) is 0 Å². The molecule has 21 heavy (non-hydrogen) atoms. The van der Waals surface area contributed by atoms with Crippen molar-refractivity contribution in [2.45, 2.75) is 12.5 Å². The highest BCUT2D eigenvalue weighted by Gasteiger charge is 2.29. The SMILES string of the molecule is COc1ncccc1C(=O)NC(C)(CO)c1ccccc1.